The summed E-state index contributed by atoms with van der Waals surface area (Å²) >= 11 is 0. The number of halogens is 1. The summed E-state index contributed by atoms with van der Waals surface area (Å²) in [4.78, 5) is 21.3. The number of aromatic nitrogens is 2. The number of ether oxygens (including phenoxy) is 1. The molecule has 0 spiro atoms. The monoisotopic (exact) mass is 600 g/mol. The van der Waals surface area contributed by atoms with Crippen molar-refractivity contribution >= 4 is 23.1 Å². The molecule has 1 aliphatic heterocycles. The van der Waals surface area contributed by atoms with Crippen molar-refractivity contribution in [3.63, 3.8) is 0 Å². The molecular weight excluding hydrogens is 553 g/mol. The maximum absolute atomic E-state index is 13.2. The van der Waals surface area contributed by atoms with Gasteiger partial charge < -0.3 is 48.5 Å². The first-order chi connectivity index (χ1) is 19.7. The van der Waals surface area contributed by atoms with E-state index >= 15 is 0 Å². The Morgan fingerprint density at radius 1 is 1.14 bits per heavy atom. The first-order valence-corrected chi connectivity index (χ1v) is 15.5. The second-order valence-electron chi connectivity index (χ2n) is 9.96. The molecule has 43 heavy (non-hydrogen) atoms. The molecule has 1 N–H and O–H groups in total. The molecule has 1 aliphatic carbocycles. The van der Waals surface area contributed by atoms with Crippen molar-refractivity contribution in [1.29, 1.82) is 0 Å². The van der Waals surface area contributed by atoms with E-state index in [1.165, 1.54) is 37.5 Å². The quantitative estimate of drug-likeness (QED) is 0.340. The van der Waals surface area contributed by atoms with Crippen molar-refractivity contribution in [2.75, 3.05) is 23.7 Å². The van der Waals surface area contributed by atoms with Gasteiger partial charge in [0.15, 0.2) is 11.6 Å². The minimum atomic E-state index is -0.806. The fourth-order valence-corrected chi connectivity index (χ4v) is 5.09. The molecule has 0 bridgehead atoms. The zero-order valence-electron chi connectivity index (χ0n) is 27.2. The van der Waals surface area contributed by atoms with Crippen LogP contribution in [-0.2, 0) is 15.8 Å². The van der Waals surface area contributed by atoms with Gasteiger partial charge in [-0.25, -0.2) is 23.3 Å². The van der Waals surface area contributed by atoms with Crippen molar-refractivity contribution in [3.8, 4) is 11.5 Å². The third kappa shape index (κ3) is 14.6. The smallest absolute Gasteiger partial charge is 0.512 e. The number of nitrogens with zero attached hydrogens (tertiary/aromatic N) is 3. The molecule has 1 unspecified atom stereocenters. The van der Waals surface area contributed by atoms with Crippen LogP contribution in [0.25, 0.3) is 0 Å². The summed E-state index contributed by atoms with van der Waals surface area (Å²) in [5.74, 6) is 2.06. The van der Waals surface area contributed by atoms with Crippen LogP contribution < -0.4 is 52.1 Å². The van der Waals surface area contributed by atoms with Crippen LogP contribution in [0.1, 0.15) is 71.8 Å². The maximum atomic E-state index is 13.2. The number of hydrogen-bond donors (Lipinski definition) is 1. The molecule has 1 aromatic carbocycles. The van der Waals surface area contributed by atoms with Crippen molar-refractivity contribution < 1.29 is 55.9 Å². The molecule has 1 saturated carbocycles. The average molecular weight is 601 g/mol. The molecule has 2 heterocycles. The molecule has 0 amide bonds. The summed E-state index contributed by atoms with van der Waals surface area (Å²) in [6.07, 6.45) is 12.9. The van der Waals surface area contributed by atoms with Gasteiger partial charge in [-0.1, -0.05) is 25.8 Å². The van der Waals surface area contributed by atoms with Gasteiger partial charge in [-0.15, -0.1) is 11.6 Å². The minimum Gasteiger partial charge on any atom is -0.512 e. The zero-order valence-corrected chi connectivity index (χ0v) is 28.0. The molecule has 7 nitrogen and oxygen atoms in total. The van der Waals surface area contributed by atoms with Crippen LogP contribution in [0.4, 0.5) is 10.2 Å². The summed E-state index contributed by atoms with van der Waals surface area (Å²) in [6, 6.07) is 4.16. The summed E-state index contributed by atoms with van der Waals surface area (Å²) < 4.78 is 33.3. The number of carbonyl (C=O) groups excluding carboxylic acids is 1. The van der Waals surface area contributed by atoms with Crippen molar-refractivity contribution in [1.82, 2.24) is 14.7 Å². The number of rotatable bonds is 9. The van der Waals surface area contributed by atoms with Crippen LogP contribution in [0.15, 0.2) is 30.7 Å². The molecule has 1 saturated heterocycles. The van der Waals surface area contributed by atoms with Gasteiger partial charge in [0.05, 0.1) is 29.3 Å². The van der Waals surface area contributed by atoms with E-state index in [1.807, 2.05) is 27.2 Å². The Bertz CT molecular complexity index is 1050. The van der Waals surface area contributed by atoms with E-state index in [4.69, 9.17) is 4.74 Å². The summed E-state index contributed by atoms with van der Waals surface area (Å²) in [5, 5.41) is 0. The van der Waals surface area contributed by atoms with E-state index in [2.05, 4.69) is 47.3 Å². The fourth-order valence-electron chi connectivity index (χ4n) is 4.31. The number of nitrogens with one attached hydrogen (secondary N) is 1. The largest absolute Gasteiger partial charge is 1.00 e. The number of benzene rings is 1. The Labute approximate surface area is 287 Å². The Balaban J connectivity index is 0. The van der Waals surface area contributed by atoms with Crippen LogP contribution in [0.2, 0.25) is 0 Å². The standard InChI is InChI=1S/C18H17FN3O2.C9H18NOS.C3H7.C2H5.2Li/c1-3-18(4-2)10-22(11-18)17-16(8-20-12-21-17)24-15-6-5-14(19)7-13(15)9-23;1-3-12(11)10-9-6-4-8(2)5-7-9;1-3-2;1-2;;/h5-8,12H,1-4,10-11H2;8-10H,2-7H2,1H3;3H,1-2H3;1H2,2H3;;/q-3;3*-1;2*+1. The maximum Gasteiger partial charge on any atom is 1.00 e. The molecule has 2 aromatic rings. The molecule has 4 rings (SSSR count). The predicted molar refractivity (Wildman–Crippen MR) is 167 cm³/mol. The van der Waals surface area contributed by atoms with Crippen LogP contribution in [0.3, 0.4) is 0 Å². The van der Waals surface area contributed by atoms with Crippen LogP contribution >= 0.6 is 0 Å². The third-order valence-electron chi connectivity index (χ3n) is 6.75. The second kappa shape index (κ2) is 24.1. The summed E-state index contributed by atoms with van der Waals surface area (Å²) in [6.45, 7) is 24.5. The molecule has 0 radical (unpaired) electrons. The van der Waals surface area contributed by atoms with Gasteiger partial charge in [0, 0.05) is 30.6 Å². The van der Waals surface area contributed by atoms with Crippen molar-refractivity contribution in [2.24, 2.45) is 11.3 Å². The first-order valence-electron chi connectivity index (χ1n) is 14.2. The predicted octanol–water partition coefficient (Wildman–Crippen LogP) is 0.852. The molecule has 1 atom stereocenters. The Morgan fingerprint density at radius 2 is 1.72 bits per heavy atom. The van der Waals surface area contributed by atoms with Crippen LogP contribution in [0, 0.1) is 51.3 Å². The summed E-state index contributed by atoms with van der Waals surface area (Å²) in [7, 11) is -0.806. The molecule has 1 aromatic heterocycles. The Kier molecular flexibility index (Phi) is 24.6. The van der Waals surface area contributed by atoms with Crippen molar-refractivity contribution in [2.45, 2.75) is 72.3 Å². The Hall–Kier alpha value is -1.20. The minimum absolute atomic E-state index is 0. The number of anilines is 1. The first kappa shape index (κ1) is 43.9. The van der Waals surface area contributed by atoms with Crippen molar-refractivity contribution in [3.05, 3.63) is 76.2 Å². The van der Waals surface area contributed by atoms with E-state index in [1.54, 1.807) is 13.2 Å². The van der Waals surface area contributed by atoms with Gasteiger partial charge in [-0.3, -0.25) is 0 Å². The van der Waals surface area contributed by atoms with Gasteiger partial charge in [-0.2, -0.15) is 39.5 Å². The van der Waals surface area contributed by atoms with Gasteiger partial charge in [0.25, 0.3) is 0 Å². The normalized spacial score (nSPS) is 18.6. The van der Waals surface area contributed by atoms with E-state index in [0.29, 0.717) is 29.3 Å². The van der Waals surface area contributed by atoms with Gasteiger partial charge in [-0.05, 0) is 24.3 Å². The molecule has 232 valence electrons. The molecular formula is C32H47FLi2N4O3S-4. The van der Waals surface area contributed by atoms with Crippen LogP contribution in [-0.4, -0.2) is 45.3 Å². The fraction of sp³-hybridized carbons (Fsp3) is 0.500. The van der Waals surface area contributed by atoms with E-state index in [0.717, 1.165) is 44.8 Å². The van der Waals surface area contributed by atoms with Gasteiger partial charge in [0.1, 0.15) is 6.33 Å². The number of hydrogen-bond acceptors (Lipinski definition) is 6. The SMILES string of the molecule is C[CH-]C.[CH2-]C.[CH2-]C1CCC(NS(=O)CC)CC1.[CH2-]CC1(C[CH2-])CN(c2ncncc2Oc2ccc(F)cc2[C-]=O)C1.[Li+].[Li+]. The van der Waals surface area contributed by atoms with E-state index in [-0.39, 0.29) is 54.4 Å². The van der Waals surface area contributed by atoms with Gasteiger partial charge in [0.2, 0.25) is 0 Å². The molecule has 2 aliphatic rings. The average Bonchev–Trinajstić information content (AvgIpc) is 2.97. The summed E-state index contributed by atoms with van der Waals surface area (Å²) in [5.41, 5.74) is 0.109. The molecule has 11 heteroatoms. The Morgan fingerprint density at radius 3 is 2.23 bits per heavy atom. The molecule has 2 fully saturated rings. The second-order valence-corrected chi connectivity index (χ2v) is 11.5. The topological polar surface area (TPSA) is 84.4 Å². The van der Waals surface area contributed by atoms with Crippen LogP contribution in [0.5, 0.6) is 11.5 Å². The van der Waals surface area contributed by atoms with E-state index < -0.39 is 16.8 Å². The van der Waals surface area contributed by atoms with Gasteiger partial charge >= 0.3 is 37.7 Å². The third-order valence-corrected chi connectivity index (χ3v) is 7.87. The van der Waals surface area contributed by atoms with E-state index in [9.17, 15) is 13.4 Å². The zero-order chi connectivity index (χ0) is 30.8.